The predicted octanol–water partition coefficient (Wildman–Crippen LogP) is 2.21. The van der Waals surface area contributed by atoms with E-state index >= 15 is 0 Å². The Morgan fingerprint density at radius 1 is 0.968 bits per heavy atom. The van der Waals surface area contributed by atoms with E-state index < -0.39 is 29.7 Å². The van der Waals surface area contributed by atoms with Crippen molar-refractivity contribution in [2.24, 2.45) is 0 Å². The van der Waals surface area contributed by atoms with E-state index in [1.54, 1.807) is 12.1 Å². The molecule has 5 rings (SSSR count). The van der Waals surface area contributed by atoms with Crippen molar-refractivity contribution in [2.45, 2.75) is 25.5 Å². The summed E-state index contributed by atoms with van der Waals surface area (Å²) in [5, 5.41) is 3.19. The first-order valence-corrected chi connectivity index (χ1v) is 9.85. The molecule has 8 heteroatoms. The van der Waals surface area contributed by atoms with Crippen LogP contribution >= 0.6 is 0 Å². The molecule has 0 aliphatic carbocycles. The van der Waals surface area contributed by atoms with E-state index in [1.807, 2.05) is 36.4 Å². The van der Waals surface area contributed by atoms with Crippen LogP contribution in [0.25, 0.3) is 10.9 Å². The lowest BCUT2D eigenvalue weighted by Gasteiger charge is -2.27. The number of carbonyl (C=O) groups is 4. The highest BCUT2D eigenvalue weighted by atomic mass is 16.5. The second-order valence-electron chi connectivity index (χ2n) is 7.41. The van der Waals surface area contributed by atoms with Gasteiger partial charge in [-0.3, -0.25) is 29.4 Å². The number of pyridine rings is 1. The third-order valence-corrected chi connectivity index (χ3v) is 5.46. The van der Waals surface area contributed by atoms with Gasteiger partial charge in [-0.2, -0.15) is 0 Å². The molecular weight excluding hydrogens is 398 g/mol. The first-order valence-electron chi connectivity index (χ1n) is 9.85. The maximum Gasteiger partial charge on any atom is 0.266 e. The number of nitrogens with zero attached hydrogens (tertiary/aromatic N) is 2. The summed E-state index contributed by atoms with van der Waals surface area (Å²) in [5.74, 6) is -1.97. The van der Waals surface area contributed by atoms with Crippen LogP contribution in [0.15, 0.2) is 54.6 Å². The number of ether oxygens (including phenoxy) is 1. The quantitative estimate of drug-likeness (QED) is 0.655. The zero-order valence-electron chi connectivity index (χ0n) is 16.3. The number of benzene rings is 2. The minimum absolute atomic E-state index is 0.0702. The number of fused-ring (bicyclic) bond motifs is 2. The van der Waals surface area contributed by atoms with Crippen LogP contribution in [0, 0.1) is 0 Å². The second-order valence-corrected chi connectivity index (χ2v) is 7.41. The number of carbonyl (C=O) groups excluding carboxylic acids is 4. The van der Waals surface area contributed by atoms with Gasteiger partial charge in [-0.25, -0.2) is 4.98 Å². The van der Waals surface area contributed by atoms with E-state index in [0.717, 1.165) is 15.8 Å². The van der Waals surface area contributed by atoms with Crippen molar-refractivity contribution < 1.29 is 23.9 Å². The third kappa shape index (κ3) is 3.22. The Bertz CT molecular complexity index is 1270. The van der Waals surface area contributed by atoms with Gasteiger partial charge in [0.2, 0.25) is 11.8 Å². The Balaban J connectivity index is 1.41. The molecule has 1 aromatic heterocycles. The number of amides is 4. The van der Waals surface area contributed by atoms with Crippen molar-refractivity contribution in [1.82, 2.24) is 15.2 Å². The van der Waals surface area contributed by atoms with Crippen LogP contribution in [-0.2, 0) is 16.2 Å². The van der Waals surface area contributed by atoms with Crippen molar-refractivity contribution in [2.75, 3.05) is 0 Å². The summed E-state index contributed by atoms with van der Waals surface area (Å²) < 4.78 is 5.87. The molecule has 1 atom stereocenters. The molecule has 1 saturated heterocycles. The molecule has 2 aliphatic heterocycles. The van der Waals surface area contributed by atoms with Gasteiger partial charge in [0.15, 0.2) is 0 Å². The van der Waals surface area contributed by atoms with E-state index in [1.165, 1.54) is 6.07 Å². The molecule has 8 nitrogen and oxygen atoms in total. The summed E-state index contributed by atoms with van der Waals surface area (Å²) in [6.07, 6.45) is 0.175. The summed E-state index contributed by atoms with van der Waals surface area (Å²) >= 11 is 0. The van der Waals surface area contributed by atoms with Crippen molar-refractivity contribution in [3.8, 4) is 5.75 Å². The van der Waals surface area contributed by atoms with Crippen LogP contribution < -0.4 is 10.1 Å². The minimum Gasteiger partial charge on any atom is -0.486 e. The molecular formula is C23H17N3O5. The number of aromatic nitrogens is 1. The van der Waals surface area contributed by atoms with Gasteiger partial charge in [-0.1, -0.05) is 30.3 Å². The average molecular weight is 415 g/mol. The highest BCUT2D eigenvalue weighted by Crippen LogP contribution is 2.34. The van der Waals surface area contributed by atoms with Gasteiger partial charge in [-0.15, -0.1) is 0 Å². The highest BCUT2D eigenvalue weighted by Gasteiger charge is 2.45. The van der Waals surface area contributed by atoms with Crippen molar-refractivity contribution in [3.63, 3.8) is 0 Å². The molecule has 3 heterocycles. The van der Waals surface area contributed by atoms with Crippen LogP contribution in [0.3, 0.4) is 0 Å². The van der Waals surface area contributed by atoms with Crippen LogP contribution in [0.2, 0.25) is 0 Å². The fourth-order valence-corrected chi connectivity index (χ4v) is 3.94. The maximum absolute atomic E-state index is 13.1. The molecule has 31 heavy (non-hydrogen) atoms. The second kappa shape index (κ2) is 7.32. The average Bonchev–Trinajstić information content (AvgIpc) is 3.03. The van der Waals surface area contributed by atoms with Gasteiger partial charge >= 0.3 is 0 Å². The Morgan fingerprint density at radius 3 is 2.65 bits per heavy atom. The number of rotatable bonds is 4. The van der Waals surface area contributed by atoms with Crippen LogP contribution in [0.1, 0.15) is 39.3 Å². The molecule has 0 saturated carbocycles. The Morgan fingerprint density at radius 2 is 1.81 bits per heavy atom. The summed E-state index contributed by atoms with van der Waals surface area (Å²) in [5.41, 5.74) is 1.81. The summed E-state index contributed by atoms with van der Waals surface area (Å²) in [6, 6.07) is 15.2. The van der Waals surface area contributed by atoms with E-state index in [9.17, 15) is 19.2 Å². The SMILES string of the molecule is O=C1CC[C@H](N2C(=O)c3cccc(OCc4ccc5ccccc5n4)c3C2=O)C(=O)N1. The number of para-hydroxylation sites is 1. The molecule has 2 aliphatic rings. The Hall–Kier alpha value is -4.07. The minimum atomic E-state index is -1.01. The van der Waals surface area contributed by atoms with Gasteiger partial charge in [0.1, 0.15) is 18.4 Å². The summed E-state index contributed by atoms with van der Waals surface area (Å²) in [4.78, 5) is 55.1. The maximum atomic E-state index is 13.1. The first-order chi connectivity index (χ1) is 15.0. The standard InChI is InChI=1S/C23H17N3O5/c27-19-11-10-17(21(28)25-19)26-22(29)15-5-3-7-18(20(15)23(26)30)31-12-14-9-8-13-4-1-2-6-16(13)24-14/h1-9,17H,10-12H2,(H,25,27,28)/t17-/m0/s1. The number of nitrogens with one attached hydrogen (secondary N) is 1. The lowest BCUT2D eigenvalue weighted by molar-refractivity contribution is -0.136. The fraction of sp³-hybridized carbons (Fsp3) is 0.174. The monoisotopic (exact) mass is 415 g/mol. The Kier molecular flexibility index (Phi) is 4.47. The van der Waals surface area contributed by atoms with Crippen LogP contribution in [-0.4, -0.2) is 39.6 Å². The summed E-state index contributed by atoms with van der Waals surface area (Å²) in [7, 11) is 0. The molecule has 0 bridgehead atoms. The lowest BCUT2D eigenvalue weighted by atomic mass is 10.0. The van der Waals surface area contributed by atoms with Gasteiger partial charge in [0, 0.05) is 11.8 Å². The molecule has 154 valence electrons. The van der Waals surface area contributed by atoms with Crippen molar-refractivity contribution >= 4 is 34.5 Å². The topological polar surface area (TPSA) is 106 Å². The van der Waals surface area contributed by atoms with E-state index in [2.05, 4.69) is 10.3 Å². The summed E-state index contributed by atoms with van der Waals surface area (Å²) in [6.45, 7) is 0.112. The largest absolute Gasteiger partial charge is 0.486 e. The molecule has 2 aromatic carbocycles. The lowest BCUT2D eigenvalue weighted by Crippen LogP contribution is -2.54. The van der Waals surface area contributed by atoms with Gasteiger partial charge in [0.25, 0.3) is 11.8 Å². The van der Waals surface area contributed by atoms with Crippen molar-refractivity contribution in [3.05, 3.63) is 71.4 Å². The van der Waals surface area contributed by atoms with Gasteiger partial charge in [-0.05, 0) is 30.7 Å². The molecule has 0 radical (unpaired) electrons. The number of hydrogen-bond acceptors (Lipinski definition) is 6. The fourth-order valence-electron chi connectivity index (χ4n) is 3.94. The van der Waals surface area contributed by atoms with E-state index in [4.69, 9.17) is 4.74 Å². The third-order valence-electron chi connectivity index (χ3n) is 5.46. The number of imide groups is 2. The molecule has 0 unspecified atom stereocenters. The van der Waals surface area contributed by atoms with Crippen LogP contribution in [0.4, 0.5) is 0 Å². The number of hydrogen-bond donors (Lipinski definition) is 1. The highest BCUT2D eigenvalue weighted by molar-refractivity contribution is 6.24. The molecule has 1 fully saturated rings. The van der Waals surface area contributed by atoms with Crippen molar-refractivity contribution in [1.29, 1.82) is 0 Å². The van der Waals surface area contributed by atoms with E-state index in [-0.39, 0.29) is 36.3 Å². The van der Waals surface area contributed by atoms with Gasteiger partial charge in [0.05, 0.1) is 22.3 Å². The van der Waals surface area contributed by atoms with E-state index in [0.29, 0.717) is 5.69 Å². The molecule has 4 amide bonds. The van der Waals surface area contributed by atoms with Gasteiger partial charge < -0.3 is 4.74 Å². The molecule has 0 spiro atoms. The number of piperidine rings is 1. The molecule has 1 N–H and O–H groups in total. The normalized spacial score (nSPS) is 18.3. The zero-order valence-corrected chi connectivity index (χ0v) is 16.3. The molecule has 3 aromatic rings. The first kappa shape index (κ1) is 18.9. The Labute approximate surface area is 176 Å². The zero-order chi connectivity index (χ0) is 21.5. The predicted molar refractivity (Wildman–Crippen MR) is 109 cm³/mol. The smallest absolute Gasteiger partial charge is 0.266 e. The van der Waals surface area contributed by atoms with Crippen LogP contribution in [0.5, 0.6) is 5.75 Å².